The maximum atomic E-state index is 5.55. The van der Waals surface area contributed by atoms with E-state index in [2.05, 4.69) is 11.6 Å². The summed E-state index contributed by atoms with van der Waals surface area (Å²) in [7, 11) is 9.46. The molecule has 2 aromatic carbocycles. The molecule has 0 aliphatic rings. The summed E-state index contributed by atoms with van der Waals surface area (Å²) in [6.07, 6.45) is 3.39. The van der Waals surface area contributed by atoms with Crippen LogP contribution < -0.4 is 33.2 Å². The number of hydrogen-bond acceptors (Lipinski definition) is 9. The van der Waals surface area contributed by atoms with Crippen LogP contribution in [-0.2, 0) is 0 Å². The topological polar surface area (TPSA) is 85.0 Å². The van der Waals surface area contributed by atoms with E-state index in [1.807, 2.05) is 17.5 Å². The van der Waals surface area contributed by atoms with E-state index in [4.69, 9.17) is 33.5 Å². The summed E-state index contributed by atoms with van der Waals surface area (Å²) in [4.78, 5) is 5.27. The highest BCUT2D eigenvalue weighted by atomic mass is 32.1. The fraction of sp³-hybridized carbons (Fsp3) is 0.280. The molecule has 0 unspecified atom stereocenters. The highest BCUT2D eigenvalue weighted by Gasteiger charge is 2.17. The first kappa shape index (κ1) is 25.7. The van der Waals surface area contributed by atoms with E-state index < -0.39 is 0 Å². The van der Waals surface area contributed by atoms with Gasteiger partial charge < -0.3 is 28.4 Å². The molecular formula is C25H29N3O6S. The van der Waals surface area contributed by atoms with E-state index >= 15 is 0 Å². The number of aromatic nitrogens is 1. The monoisotopic (exact) mass is 499 g/mol. The van der Waals surface area contributed by atoms with Crippen LogP contribution in [0.3, 0.4) is 0 Å². The van der Waals surface area contributed by atoms with Crippen molar-refractivity contribution in [2.75, 3.05) is 49.2 Å². The Morgan fingerprint density at radius 2 is 1.43 bits per heavy atom. The lowest BCUT2D eigenvalue weighted by Gasteiger charge is -2.14. The maximum absolute atomic E-state index is 5.55. The highest BCUT2D eigenvalue weighted by Crippen LogP contribution is 2.41. The largest absolute Gasteiger partial charge is 0.496 e. The van der Waals surface area contributed by atoms with Crippen molar-refractivity contribution in [3.8, 4) is 45.8 Å². The predicted octanol–water partition coefficient (Wildman–Crippen LogP) is 4.24. The van der Waals surface area contributed by atoms with Gasteiger partial charge in [0.1, 0.15) is 17.2 Å². The SMILES string of the molecule is C=CCN=c1scc(-c2cc(OC)c(OC)c(OC)c2)n1N=Cc1c(OC)cc(OC)cc1OC. The van der Waals surface area contributed by atoms with Crippen LogP contribution in [0.25, 0.3) is 11.3 Å². The van der Waals surface area contributed by atoms with E-state index in [0.717, 1.165) is 11.3 Å². The molecule has 0 atom stereocenters. The molecule has 0 bridgehead atoms. The predicted molar refractivity (Wildman–Crippen MR) is 137 cm³/mol. The molecule has 3 rings (SSSR count). The first-order chi connectivity index (χ1) is 17.0. The van der Waals surface area contributed by atoms with Gasteiger partial charge in [0.2, 0.25) is 10.6 Å². The molecule has 9 nitrogen and oxygen atoms in total. The third-order valence-electron chi connectivity index (χ3n) is 5.06. The number of hydrogen-bond donors (Lipinski definition) is 0. The molecule has 0 amide bonds. The number of benzene rings is 2. The lowest BCUT2D eigenvalue weighted by molar-refractivity contribution is 0.324. The summed E-state index contributed by atoms with van der Waals surface area (Å²) in [5.74, 6) is 3.30. The van der Waals surface area contributed by atoms with Crippen LogP contribution in [-0.4, -0.2) is 60.1 Å². The Morgan fingerprint density at radius 1 is 0.829 bits per heavy atom. The van der Waals surface area contributed by atoms with Gasteiger partial charge in [-0.1, -0.05) is 6.08 Å². The number of thiazole rings is 1. The standard InChI is InChI=1S/C25H29N3O6S/c1-8-9-26-25-28(27-14-18-20(30-3)12-17(29-2)13-21(18)31-4)19(15-35-25)16-10-22(32-5)24(34-7)23(11-16)33-6/h8,10-15H,1,9H2,2-7H3. The number of methoxy groups -OCH3 is 6. The minimum Gasteiger partial charge on any atom is -0.496 e. The van der Waals surface area contributed by atoms with Crippen molar-refractivity contribution in [1.29, 1.82) is 0 Å². The summed E-state index contributed by atoms with van der Waals surface area (Å²) in [6.45, 7) is 4.21. The van der Waals surface area contributed by atoms with Crippen molar-refractivity contribution in [2.24, 2.45) is 10.1 Å². The maximum Gasteiger partial charge on any atom is 0.206 e. The number of nitrogens with zero attached hydrogens (tertiary/aromatic N) is 3. The third kappa shape index (κ3) is 5.43. The van der Waals surface area contributed by atoms with Crippen molar-refractivity contribution >= 4 is 17.6 Å². The zero-order valence-electron chi connectivity index (χ0n) is 20.7. The minimum atomic E-state index is 0.444. The van der Waals surface area contributed by atoms with Crippen LogP contribution in [0.4, 0.5) is 0 Å². The summed E-state index contributed by atoms with van der Waals surface area (Å²) in [6, 6.07) is 7.26. The molecule has 0 spiro atoms. The molecule has 0 radical (unpaired) electrons. The van der Waals surface area contributed by atoms with Gasteiger partial charge in [0.05, 0.1) is 66.7 Å². The fourth-order valence-electron chi connectivity index (χ4n) is 3.36. The molecular weight excluding hydrogens is 470 g/mol. The summed E-state index contributed by atoms with van der Waals surface area (Å²) in [5, 5.41) is 6.71. The van der Waals surface area contributed by atoms with Gasteiger partial charge in [-0.15, -0.1) is 17.9 Å². The molecule has 186 valence electrons. The first-order valence-electron chi connectivity index (χ1n) is 10.5. The van der Waals surface area contributed by atoms with Crippen LogP contribution in [0.5, 0.6) is 34.5 Å². The Labute approximate surface area is 208 Å². The molecule has 0 saturated carbocycles. The average Bonchev–Trinajstić information content (AvgIpc) is 3.31. The van der Waals surface area contributed by atoms with Crippen LogP contribution in [0.2, 0.25) is 0 Å². The summed E-state index contributed by atoms with van der Waals surface area (Å²) < 4.78 is 34.7. The summed E-state index contributed by atoms with van der Waals surface area (Å²) in [5.41, 5.74) is 2.24. The van der Waals surface area contributed by atoms with Crippen molar-refractivity contribution in [2.45, 2.75) is 0 Å². The molecule has 3 aromatic rings. The van der Waals surface area contributed by atoms with Crippen LogP contribution >= 0.6 is 11.3 Å². The molecule has 10 heteroatoms. The fourth-order valence-corrected chi connectivity index (χ4v) is 4.21. The minimum absolute atomic E-state index is 0.444. The highest BCUT2D eigenvalue weighted by molar-refractivity contribution is 7.07. The Balaban J connectivity index is 2.22. The first-order valence-corrected chi connectivity index (χ1v) is 11.4. The van der Waals surface area contributed by atoms with E-state index in [0.29, 0.717) is 51.4 Å². The average molecular weight is 500 g/mol. The lowest BCUT2D eigenvalue weighted by atomic mass is 10.1. The zero-order valence-corrected chi connectivity index (χ0v) is 21.5. The zero-order chi connectivity index (χ0) is 25.4. The van der Waals surface area contributed by atoms with E-state index in [1.165, 1.54) is 11.3 Å². The Kier molecular flexibility index (Phi) is 8.80. The van der Waals surface area contributed by atoms with Gasteiger partial charge in [-0.25, -0.2) is 4.68 Å². The quantitative estimate of drug-likeness (QED) is 0.290. The van der Waals surface area contributed by atoms with Gasteiger partial charge in [-0.05, 0) is 12.1 Å². The molecule has 0 aliphatic carbocycles. The number of ether oxygens (including phenoxy) is 6. The molecule has 0 fully saturated rings. The van der Waals surface area contributed by atoms with Gasteiger partial charge >= 0.3 is 0 Å². The van der Waals surface area contributed by atoms with E-state index in [-0.39, 0.29) is 0 Å². The molecule has 1 heterocycles. The van der Waals surface area contributed by atoms with E-state index in [9.17, 15) is 0 Å². The van der Waals surface area contributed by atoms with Crippen molar-refractivity contribution < 1.29 is 28.4 Å². The van der Waals surface area contributed by atoms with Crippen molar-refractivity contribution in [3.63, 3.8) is 0 Å². The molecule has 0 N–H and O–H groups in total. The lowest BCUT2D eigenvalue weighted by Crippen LogP contribution is -2.13. The second-order valence-corrected chi connectivity index (χ2v) is 7.79. The Bertz CT molecular complexity index is 1230. The van der Waals surface area contributed by atoms with Gasteiger partial charge in [-0.2, -0.15) is 5.10 Å². The third-order valence-corrected chi connectivity index (χ3v) is 5.91. The smallest absolute Gasteiger partial charge is 0.206 e. The summed E-state index contributed by atoms with van der Waals surface area (Å²) >= 11 is 1.45. The van der Waals surface area contributed by atoms with Gasteiger partial charge in [-0.3, -0.25) is 4.99 Å². The van der Waals surface area contributed by atoms with Crippen molar-refractivity contribution in [3.05, 3.63) is 52.7 Å². The number of rotatable bonds is 11. The van der Waals surface area contributed by atoms with Crippen LogP contribution in [0.15, 0.2) is 52.4 Å². The second-order valence-electron chi connectivity index (χ2n) is 6.95. The van der Waals surface area contributed by atoms with Gasteiger partial charge in [0, 0.05) is 23.1 Å². The Hall–Kier alpha value is -3.92. The van der Waals surface area contributed by atoms with Crippen molar-refractivity contribution in [1.82, 2.24) is 4.68 Å². The molecule has 35 heavy (non-hydrogen) atoms. The molecule has 1 aromatic heterocycles. The Morgan fingerprint density at radius 3 is 1.91 bits per heavy atom. The molecule has 0 saturated heterocycles. The normalized spacial score (nSPS) is 11.4. The molecule has 0 aliphatic heterocycles. The van der Waals surface area contributed by atoms with Gasteiger partial charge in [0.15, 0.2) is 11.5 Å². The van der Waals surface area contributed by atoms with Gasteiger partial charge in [0.25, 0.3) is 0 Å². The van der Waals surface area contributed by atoms with Crippen LogP contribution in [0.1, 0.15) is 5.56 Å². The second kappa shape index (κ2) is 12.0. The van der Waals surface area contributed by atoms with Crippen LogP contribution in [0, 0.1) is 0 Å². The van der Waals surface area contributed by atoms with E-state index in [1.54, 1.807) is 71.8 Å².